The van der Waals surface area contributed by atoms with Gasteiger partial charge in [-0.1, -0.05) is 0 Å². The van der Waals surface area contributed by atoms with E-state index in [1.807, 2.05) is 20.8 Å². The Morgan fingerprint density at radius 2 is 1.91 bits per heavy atom. The van der Waals surface area contributed by atoms with Crippen LogP contribution in [0.3, 0.4) is 0 Å². The fourth-order valence-corrected chi connectivity index (χ4v) is 3.37. The van der Waals surface area contributed by atoms with Crippen molar-refractivity contribution in [1.29, 1.82) is 0 Å². The molecule has 3 atom stereocenters. The first kappa shape index (κ1) is 18.0. The molecular formula is C16H29N3O4. The highest BCUT2D eigenvalue weighted by Gasteiger charge is 2.36. The Bertz CT molecular complexity index is 449. The van der Waals surface area contributed by atoms with Gasteiger partial charge in [0.25, 0.3) is 0 Å². The van der Waals surface area contributed by atoms with Gasteiger partial charge in [-0.3, -0.25) is 9.69 Å². The van der Waals surface area contributed by atoms with E-state index in [-0.39, 0.29) is 24.1 Å². The molecule has 0 radical (unpaired) electrons. The van der Waals surface area contributed by atoms with E-state index < -0.39 is 11.6 Å². The molecule has 0 aromatic carbocycles. The van der Waals surface area contributed by atoms with E-state index >= 15 is 0 Å². The molecule has 7 nitrogen and oxygen atoms in total. The first-order valence-corrected chi connectivity index (χ1v) is 8.34. The van der Waals surface area contributed by atoms with Crippen molar-refractivity contribution in [3.63, 3.8) is 0 Å². The number of piperazine rings is 1. The van der Waals surface area contributed by atoms with Crippen LogP contribution in [0, 0.1) is 5.92 Å². The monoisotopic (exact) mass is 327 g/mol. The second kappa shape index (κ2) is 7.05. The second-order valence-corrected chi connectivity index (χ2v) is 7.60. The van der Waals surface area contributed by atoms with Crippen LogP contribution in [-0.2, 0) is 9.53 Å². The van der Waals surface area contributed by atoms with Gasteiger partial charge in [0, 0.05) is 44.8 Å². The average molecular weight is 327 g/mol. The predicted molar refractivity (Wildman–Crippen MR) is 86.4 cm³/mol. The third kappa shape index (κ3) is 4.81. The summed E-state index contributed by atoms with van der Waals surface area (Å²) in [5.74, 6) is -1.06. The van der Waals surface area contributed by atoms with Crippen LogP contribution >= 0.6 is 0 Å². The molecule has 132 valence electrons. The van der Waals surface area contributed by atoms with Crippen LogP contribution in [0.4, 0.5) is 4.79 Å². The van der Waals surface area contributed by atoms with Crippen LogP contribution in [0.2, 0.25) is 0 Å². The number of piperidine rings is 1. The largest absolute Gasteiger partial charge is 0.481 e. The van der Waals surface area contributed by atoms with Gasteiger partial charge in [-0.25, -0.2) is 4.79 Å². The van der Waals surface area contributed by atoms with Crippen LogP contribution in [0.1, 0.15) is 34.1 Å². The Hall–Kier alpha value is -1.34. The number of rotatable bonds is 2. The number of carboxylic acid groups (broad SMARTS) is 1. The van der Waals surface area contributed by atoms with E-state index in [2.05, 4.69) is 17.1 Å². The zero-order valence-corrected chi connectivity index (χ0v) is 14.5. The number of amides is 1. The topological polar surface area (TPSA) is 82.1 Å². The SMILES string of the molecule is C[C@H]1CN(C(=O)OC(C)(C)C)CCN1C1CNCC(C(=O)O)C1. The van der Waals surface area contributed by atoms with E-state index in [1.54, 1.807) is 4.90 Å². The van der Waals surface area contributed by atoms with Gasteiger partial charge < -0.3 is 20.1 Å². The van der Waals surface area contributed by atoms with Crippen LogP contribution in [-0.4, -0.2) is 77.4 Å². The molecule has 0 aromatic rings. The van der Waals surface area contributed by atoms with Crippen LogP contribution in [0.5, 0.6) is 0 Å². The van der Waals surface area contributed by atoms with Gasteiger partial charge >= 0.3 is 12.1 Å². The van der Waals surface area contributed by atoms with Gasteiger partial charge in [0.1, 0.15) is 5.60 Å². The highest BCUT2D eigenvalue weighted by Crippen LogP contribution is 2.22. The summed E-state index contributed by atoms with van der Waals surface area (Å²) in [5, 5.41) is 12.4. The third-order valence-corrected chi connectivity index (χ3v) is 4.48. The van der Waals surface area contributed by atoms with Crippen molar-refractivity contribution in [2.24, 2.45) is 5.92 Å². The number of hydrogen-bond acceptors (Lipinski definition) is 5. The molecular weight excluding hydrogens is 298 g/mol. The smallest absolute Gasteiger partial charge is 0.410 e. The highest BCUT2D eigenvalue weighted by atomic mass is 16.6. The summed E-state index contributed by atoms with van der Waals surface area (Å²) in [6.07, 6.45) is 0.397. The standard InChI is InChI=1S/C16H29N3O4/c1-11-10-18(15(22)23-16(2,3)4)5-6-19(11)13-7-12(14(20)21)8-17-9-13/h11-13,17H,5-10H2,1-4H3,(H,20,21)/t11-,12?,13?/m0/s1. The number of hydrogen-bond donors (Lipinski definition) is 2. The molecule has 0 aliphatic carbocycles. The second-order valence-electron chi connectivity index (χ2n) is 7.60. The van der Waals surface area contributed by atoms with Crippen molar-refractivity contribution in [2.75, 3.05) is 32.7 Å². The lowest BCUT2D eigenvalue weighted by Crippen LogP contribution is -2.61. The average Bonchev–Trinajstić information content (AvgIpc) is 2.45. The van der Waals surface area contributed by atoms with Gasteiger partial charge in [0.2, 0.25) is 0 Å². The van der Waals surface area contributed by atoms with Gasteiger partial charge in [0.05, 0.1) is 5.92 Å². The molecule has 2 unspecified atom stereocenters. The molecule has 2 N–H and O–H groups in total. The molecule has 2 rings (SSSR count). The van der Waals surface area contributed by atoms with Crippen molar-refractivity contribution in [2.45, 2.75) is 51.8 Å². The Morgan fingerprint density at radius 3 is 2.48 bits per heavy atom. The van der Waals surface area contributed by atoms with Gasteiger partial charge in [-0.15, -0.1) is 0 Å². The lowest BCUT2D eigenvalue weighted by molar-refractivity contribution is -0.143. The lowest BCUT2D eigenvalue weighted by atomic mass is 9.93. The molecule has 0 spiro atoms. The van der Waals surface area contributed by atoms with Crippen molar-refractivity contribution in [3.8, 4) is 0 Å². The van der Waals surface area contributed by atoms with Crippen molar-refractivity contribution >= 4 is 12.1 Å². The van der Waals surface area contributed by atoms with Crippen molar-refractivity contribution in [1.82, 2.24) is 15.1 Å². The lowest BCUT2D eigenvalue weighted by Gasteiger charge is -2.45. The first-order valence-electron chi connectivity index (χ1n) is 8.34. The summed E-state index contributed by atoms with van der Waals surface area (Å²) >= 11 is 0. The molecule has 2 fully saturated rings. The fourth-order valence-electron chi connectivity index (χ4n) is 3.37. The number of carboxylic acids is 1. The molecule has 0 aromatic heterocycles. The summed E-state index contributed by atoms with van der Waals surface area (Å²) in [6.45, 7) is 11.0. The van der Waals surface area contributed by atoms with E-state index in [0.29, 0.717) is 26.1 Å². The number of nitrogens with one attached hydrogen (secondary N) is 1. The maximum absolute atomic E-state index is 12.2. The van der Waals surface area contributed by atoms with Crippen molar-refractivity contribution in [3.05, 3.63) is 0 Å². The molecule has 2 aliphatic rings. The molecule has 7 heteroatoms. The van der Waals surface area contributed by atoms with Gasteiger partial charge in [-0.05, 0) is 34.1 Å². The van der Waals surface area contributed by atoms with E-state index in [1.165, 1.54) is 0 Å². The maximum atomic E-state index is 12.2. The molecule has 2 heterocycles. The Morgan fingerprint density at radius 1 is 1.22 bits per heavy atom. The fraction of sp³-hybridized carbons (Fsp3) is 0.875. The minimum absolute atomic E-state index is 0.190. The summed E-state index contributed by atoms with van der Waals surface area (Å²) in [5.41, 5.74) is -0.487. The van der Waals surface area contributed by atoms with Gasteiger partial charge in [0.15, 0.2) is 0 Å². The van der Waals surface area contributed by atoms with E-state index in [4.69, 9.17) is 4.74 Å². The van der Waals surface area contributed by atoms with E-state index in [9.17, 15) is 14.7 Å². The molecule has 0 saturated carbocycles. The molecule has 1 amide bonds. The molecule has 2 saturated heterocycles. The van der Waals surface area contributed by atoms with E-state index in [0.717, 1.165) is 13.1 Å². The maximum Gasteiger partial charge on any atom is 0.410 e. The molecule has 2 aliphatic heterocycles. The first-order chi connectivity index (χ1) is 10.7. The summed E-state index contributed by atoms with van der Waals surface area (Å²) < 4.78 is 5.43. The normalized spacial score (nSPS) is 30.1. The van der Waals surface area contributed by atoms with Crippen LogP contribution in [0.25, 0.3) is 0 Å². The number of carbonyl (C=O) groups is 2. The van der Waals surface area contributed by atoms with Gasteiger partial charge in [-0.2, -0.15) is 0 Å². The third-order valence-electron chi connectivity index (χ3n) is 4.48. The number of ether oxygens (including phenoxy) is 1. The van der Waals surface area contributed by atoms with Crippen LogP contribution < -0.4 is 5.32 Å². The quantitative estimate of drug-likeness (QED) is 0.787. The number of aliphatic carboxylic acids is 1. The highest BCUT2D eigenvalue weighted by molar-refractivity contribution is 5.70. The number of carbonyl (C=O) groups excluding carboxylic acids is 1. The zero-order valence-electron chi connectivity index (χ0n) is 14.5. The van der Waals surface area contributed by atoms with Crippen molar-refractivity contribution < 1.29 is 19.4 Å². The Balaban J connectivity index is 1.91. The number of nitrogens with zero attached hydrogens (tertiary/aromatic N) is 2. The Labute approximate surface area is 138 Å². The summed E-state index contributed by atoms with van der Waals surface area (Å²) in [6, 6.07) is 0.399. The minimum atomic E-state index is -0.734. The van der Waals surface area contributed by atoms with Crippen LogP contribution in [0.15, 0.2) is 0 Å². The summed E-state index contributed by atoms with van der Waals surface area (Å²) in [4.78, 5) is 27.5. The minimum Gasteiger partial charge on any atom is -0.481 e. The summed E-state index contributed by atoms with van der Waals surface area (Å²) in [7, 11) is 0. The molecule has 23 heavy (non-hydrogen) atoms. The Kier molecular flexibility index (Phi) is 5.52. The predicted octanol–water partition coefficient (Wildman–Crippen LogP) is 0.990. The molecule has 0 bridgehead atoms. The zero-order chi connectivity index (χ0) is 17.2.